The Hall–Kier alpha value is -1.47. The summed E-state index contributed by atoms with van der Waals surface area (Å²) in [5.41, 5.74) is 0.978. The van der Waals surface area contributed by atoms with Gasteiger partial charge in [-0.05, 0) is 42.1 Å². The van der Waals surface area contributed by atoms with E-state index in [1.165, 1.54) is 10.1 Å². The first kappa shape index (κ1) is 15.4. The van der Waals surface area contributed by atoms with Crippen molar-refractivity contribution in [3.63, 3.8) is 0 Å². The fraction of sp³-hybridized carbons (Fsp3) is 0.333. The van der Waals surface area contributed by atoms with Crippen molar-refractivity contribution in [2.24, 2.45) is 0 Å². The fourth-order valence-corrected chi connectivity index (χ4v) is 3.45. The number of hydrogen-bond donors (Lipinski definition) is 1. The normalized spacial score (nSPS) is 19.2. The van der Waals surface area contributed by atoms with E-state index in [4.69, 9.17) is 4.52 Å². The number of likely N-dealkylation sites (N-methyl/N-ethyl adjacent to an activating group) is 1. The predicted octanol–water partition coefficient (Wildman–Crippen LogP) is 2.95. The molecule has 116 valence electrons. The number of thiophene rings is 1. The summed E-state index contributed by atoms with van der Waals surface area (Å²) in [5.74, 6) is 1.35. The first-order valence-corrected chi connectivity index (χ1v) is 7.91. The number of hydrogen-bond acceptors (Lipinski definition) is 6. The van der Waals surface area contributed by atoms with Crippen molar-refractivity contribution in [1.29, 1.82) is 0 Å². The molecule has 0 spiro atoms. The first-order chi connectivity index (χ1) is 10.3. The number of nitrogens with one attached hydrogen (secondary N) is 1. The minimum Gasteiger partial charge on any atom is -0.334 e. The van der Waals surface area contributed by atoms with E-state index in [0.717, 1.165) is 31.0 Å². The van der Waals surface area contributed by atoms with E-state index >= 15 is 0 Å². The van der Waals surface area contributed by atoms with Gasteiger partial charge in [-0.1, -0.05) is 5.16 Å². The summed E-state index contributed by atoms with van der Waals surface area (Å²) in [6, 6.07) is 8.54. The van der Waals surface area contributed by atoms with Crippen molar-refractivity contribution < 1.29 is 4.52 Å². The van der Waals surface area contributed by atoms with Crippen molar-refractivity contribution in [2.45, 2.75) is 6.04 Å². The zero-order valence-corrected chi connectivity index (χ0v) is 13.8. The van der Waals surface area contributed by atoms with E-state index in [0.29, 0.717) is 5.89 Å². The van der Waals surface area contributed by atoms with E-state index in [-0.39, 0.29) is 18.4 Å². The van der Waals surface area contributed by atoms with E-state index in [9.17, 15) is 0 Å². The molecule has 0 saturated carbocycles. The predicted molar refractivity (Wildman–Crippen MR) is 90.6 cm³/mol. The van der Waals surface area contributed by atoms with Gasteiger partial charge < -0.3 is 9.84 Å². The van der Waals surface area contributed by atoms with E-state index in [2.05, 4.69) is 51.0 Å². The van der Waals surface area contributed by atoms with Gasteiger partial charge in [-0.25, -0.2) is 0 Å². The number of halogens is 1. The third-order valence-electron chi connectivity index (χ3n) is 3.95. The van der Waals surface area contributed by atoms with Gasteiger partial charge >= 0.3 is 0 Å². The van der Waals surface area contributed by atoms with Crippen LogP contribution in [0.2, 0.25) is 0 Å². The van der Waals surface area contributed by atoms with Gasteiger partial charge in [0, 0.05) is 29.9 Å². The molecule has 1 N–H and O–H groups in total. The Labute approximate surface area is 138 Å². The van der Waals surface area contributed by atoms with Gasteiger partial charge in [0.25, 0.3) is 5.89 Å². The first-order valence-electron chi connectivity index (χ1n) is 7.03. The van der Waals surface area contributed by atoms with Crippen LogP contribution >= 0.6 is 23.7 Å². The van der Waals surface area contributed by atoms with Crippen LogP contribution in [0.5, 0.6) is 0 Å². The third-order valence-corrected chi connectivity index (χ3v) is 4.85. The molecule has 3 heterocycles. The van der Waals surface area contributed by atoms with Crippen LogP contribution in [0, 0.1) is 0 Å². The van der Waals surface area contributed by atoms with Gasteiger partial charge in [0.05, 0.1) is 6.04 Å². The summed E-state index contributed by atoms with van der Waals surface area (Å²) < 4.78 is 6.74. The minimum atomic E-state index is 0. The highest BCUT2D eigenvalue weighted by Crippen LogP contribution is 2.28. The number of rotatable bonds is 2. The molecule has 1 atom stereocenters. The maximum atomic E-state index is 5.47. The molecule has 1 aliphatic rings. The molecule has 0 amide bonds. The molecule has 5 nitrogen and oxygen atoms in total. The Morgan fingerprint density at radius 1 is 1.36 bits per heavy atom. The van der Waals surface area contributed by atoms with Crippen LogP contribution in [-0.4, -0.2) is 41.7 Å². The molecule has 7 heteroatoms. The zero-order valence-electron chi connectivity index (χ0n) is 12.2. The SMILES string of the molecule is CN1CCNCC1c1noc(-c2ccc3sccc3c2)n1.Cl. The maximum absolute atomic E-state index is 5.47. The van der Waals surface area contributed by atoms with Crippen LogP contribution in [0.15, 0.2) is 34.2 Å². The molecule has 2 aromatic heterocycles. The molecule has 3 aromatic rings. The largest absolute Gasteiger partial charge is 0.334 e. The average Bonchev–Trinajstić information content (AvgIpc) is 3.16. The molecule has 1 fully saturated rings. The topological polar surface area (TPSA) is 54.2 Å². The lowest BCUT2D eigenvalue weighted by molar-refractivity contribution is 0.190. The lowest BCUT2D eigenvalue weighted by Gasteiger charge is -2.30. The van der Waals surface area contributed by atoms with Crippen molar-refractivity contribution in [1.82, 2.24) is 20.4 Å². The second-order valence-electron chi connectivity index (χ2n) is 5.33. The van der Waals surface area contributed by atoms with Crippen LogP contribution in [0.3, 0.4) is 0 Å². The smallest absolute Gasteiger partial charge is 0.258 e. The number of piperazine rings is 1. The molecule has 1 saturated heterocycles. The Bertz CT molecular complexity index is 772. The highest BCUT2D eigenvalue weighted by atomic mass is 35.5. The van der Waals surface area contributed by atoms with E-state index < -0.39 is 0 Å². The Morgan fingerprint density at radius 2 is 2.27 bits per heavy atom. The van der Waals surface area contributed by atoms with Gasteiger partial charge in [0.2, 0.25) is 0 Å². The molecule has 1 aromatic carbocycles. The molecule has 0 aliphatic carbocycles. The van der Waals surface area contributed by atoms with Crippen LogP contribution < -0.4 is 5.32 Å². The number of fused-ring (bicyclic) bond motifs is 1. The molecule has 0 radical (unpaired) electrons. The quantitative estimate of drug-likeness (QED) is 0.779. The standard InChI is InChI=1S/C15H16N4OS.ClH/c1-19-6-5-16-9-12(19)14-17-15(20-18-14)11-2-3-13-10(8-11)4-7-21-13;/h2-4,7-8,12,16H,5-6,9H2,1H3;1H. The van der Waals surface area contributed by atoms with Crippen LogP contribution in [-0.2, 0) is 0 Å². The lowest BCUT2D eigenvalue weighted by Crippen LogP contribution is -2.44. The maximum Gasteiger partial charge on any atom is 0.258 e. The summed E-state index contributed by atoms with van der Waals surface area (Å²) in [6.45, 7) is 2.86. The van der Waals surface area contributed by atoms with Gasteiger partial charge in [0.15, 0.2) is 5.82 Å². The van der Waals surface area contributed by atoms with Gasteiger partial charge in [0.1, 0.15) is 0 Å². The Morgan fingerprint density at radius 3 is 3.14 bits per heavy atom. The molecular formula is C15H17ClN4OS. The van der Waals surface area contributed by atoms with E-state index in [1.54, 1.807) is 11.3 Å². The molecule has 4 rings (SSSR count). The second-order valence-corrected chi connectivity index (χ2v) is 6.28. The Balaban J connectivity index is 0.00000144. The second kappa shape index (κ2) is 6.34. The fourth-order valence-electron chi connectivity index (χ4n) is 2.68. The summed E-state index contributed by atoms with van der Waals surface area (Å²) in [7, 11) is 2.10. The summed E-state index contributed by atoms with van der Waals surface area (Å²) in [5, 5.41) is 10.9. The number of nitrogens with zero attached hydrogens (tertiary/aromatic N) is 3. The third kappa shape index (κ3) is 2.75. The lowest BCUT2D eigenvalue weighted by atomic mass is 10.1. The minimum absolute atomic E-state index is 0. The summed E-state index contributed by atoms with van der Waals surface area (Å²) >= 11 is 1.74. The number of benzene rings is 1. The van der Waals surface area contributed by atoms with Crippen molar-refractivity contribution in [2.75, 3.05) is 26.7 Å². The molecule has 1 unspecified atom stereocenters. The van der Waals surface area contributed by atoms with Crippen LogP contribution in [0.4, 0.5) is 0 Å². The van der Waals surface area contributed by atoms with Crippen molar-refractivity contribution in [3.05, 3.63) is 35.5 Å². The monoisotopic (exact) mass is 336 g/mol. The summed E-state index contributed by atoms with van der Waals surface area (Å²) in [4.78, 5) is 6.85. The van der Waals surface area contributed by atoms with Crippen LogP contribution in [0.1, 0.15) is 11.9 Å². The Kier molecular flexibility index (Phi) is 4.44. The molecular weight excluding hydrogens is 320 g/mol. The van der Waals surface area contributed by atoms with Gasteiger partial charge in [-0.3, -0.25) is 4.90 Å². The van der Waals surface area contributed by atoms with E-state index in [1.807, 2.05) is 6.07 Å². The van der Waals surface area contributed by atoms with Gasteiger partial charge in [-0.15, -0.1) is 23.7 Å². The van der Waals surface area contributed by atoms with Crippen molar-refractivity contribution in [3.8, 4) is 11.5 Å². The highest BCUT2D eigenvalue weighted by Gasteiger charge is 2.25. The molecule has 22 heavy (non-hydrogen) atoms. The zero-order chi connectivity index (χ0) is 14.2. The van der Waals surface area contributed by atoms with Crippen LogP contribution in [0.25, 0.3) is 21.5 Å². The highest BCUT2D eigenvalue weighted by molar-refractivity contribution is 7.17. The summed E-state index contributed by atoms with van der Waals surface area (Å²) in [6.07, 6.45) is 0. The van der Waals surface area contributed by atoms with Crippen molar-refractivity contribution >= 4 is 33.8 Å². The average molecular weight is 337 g/mol. The van der Waals surface area contributed by atoms with Gasteiger partial charge in [-0.2, -0.15) is 4.98 Å². The molecule has 0 bridgehead atoms. The molecule has 1 aliphatic heterocycles. The number of aromatic nitrogens is 2.